The fourth-order valence-corrected chi connectivity index (χ4v) is 2.84. The van der Waals surface area contributed by atoms with Gasteiger partial charge in [0.25, 0.3) is 11.7 Å². The monoisotopic (exact) mass is 286 g/mol. The first-order chi connectivity index (χ1) is 10.0. The molecule has 1 amide bonds. The van der Waals surface area contributed by atoms with Gasteiger partial charge in [-0.1, -0.05) is 0 Å². The number of likely N-dealkylation sites (N-methyl/N-ethyl adjacent to an activating group) is 1. The molecule has 1 aromatic heterocycles. The van der Waals surface area contributed by atoms with Crippen LogP contribution in [0.4, 0.5) is 0 Å². The van der Waals surface area contributed by atoms with E-state index < -0.39 is 11.7 Å². The summed E-state index contributed by atoms with van der Waals surface area (Å²) in [4.78, 5) is 25.8. The van der Waals surface area contributed by atoms with Crippen LogP contribution in [-0.4, -0.2) is 41.9 Å². The van der Waals surface area contributed by atoms with Gasteiger partial charge in [-0.25, -0.2) is 0 Å². The third kappa shape index (κ3) is 2.09. The second-order valence-electron chi connectivity index (χ2n) is 5.57. The topological polar surface area (TPSA) is 51.5 Å². The van der Waals surface area contributed by atoms with Crippen molar-refractivity contribution >= 4 is 22.6 Å². The highest BCUT2D eigenvalue weighted by molar-refractivity contribution is 6.45. The van der Waals surface area contributed by atoms with Crippen LogP contribution in [0.15, 0.2) is 18.3 Å². The Balaban J connectivity index is 2.24. The molecule has 0 N–H and O–H groups in total. The summed E-state index contributed by atoms with van der Waals surface area (Å²) in [6, 6.07) is 3.88. The number of amides is 1. The third-order valence-electron chi connectivity index (χ3n) is 3.89. The summed E-state index contributed by atoms with van der Waals surface area (Å²) >= 11 is 0. The Labute approximate surface area is 123 Å². The Bertz CT molecular complexity index is 744. The van der Waals surface area contributed by atoms with Gasteiger partial charge in [-0.2, -0.15) is 0 Å². The van der Waals surface area contributed by atoms with E-state index in [1.54, 1.807) is 20.3 Å². The van der Waals surface area contributed by atoms with Crippen LogP contribution in [0.1, 0.15) is 22.3 Å². The molecule has 110 valence electrons. The predicted octanol–water partition coefficient (Wildman–Crippen LogP) is 1.77. The minimum absolute atomic E-state index is 0.466. The number of ketones is 1. The summed E-state index contributed by atoms with van der Waals surface area (Å²) in [6.45, 7) is 0.700. The summed E-state index contributed by atoms with van der Waals surface area (Å²) in [5.74, 6) is -0.146. The van der Waals surface area contributed by atoms with Crippen molar-refractivity contribution in [2.75, 3.05) is 20.7 Å². The van der Waals surface area contributed by atoms with Crippen molar-refractivity contribution in [1.29, 1.82) is 0 Å². The minimum atomic E-state index is -0.503. The van der Waals surface area contributed by atoms with Crippen molar-refractivity contribution < 1.29 is 14.3 Å². The zero-order valence-corrected chi connectivity index (χ0v) is 12.5. The summed E-state index contributed by atoms with van der Waals surface area (Å²) in [5, 5.41) is 0.856. The number of nitrogens with zero attached hydrogens (tertiary/aromatic N) is 2. The molecule has 0 bridgehead atoms. The predicted molar refractivity (Wildman–Crippen MR) is 79.8 cm³/mol. The van der Waals surface area contributed by atoms with Gasteiger partial charge in [-0.05, 0) is 25.0 Å². The van der Waals surface area contributed by atoms with Crippen LogP contribution in [0.3, 0.4) is 0 Å². The van der Waals surface area contributed by atoms with Gasteiger partial charge < -0.3 is 14.2 Å². The Hall–Kier alpha value is -2.30. The highest BCUT2D eigenvalue weighted by Crippen LogP contribution is 2.35. The summed E-state index contributed by atoms with van der Waals surface area (Å²) in [6.07, 6.45) is 3.53. The van der Waals surface area contributed by atoms with Crippen LogP contribution >= 0.6 is 0 Å². The number of aromatic nitrogens is 1. The lowest BCUT2D eigenvalue weighted by Gasteiger charge is -2.18. The molecule has 0 saturated heterocycles. The summed E-state index contributed by atoms with van der Waals surface area (Å²) in [7, 11) is 5.06. The lowest BCUT2D eigenvalue weighted by Crippen LogP contribution is -2.29. The van der Waals surface area contributed by atoms with Crippen molar-refractivity contribution in [2.45, 2.75) is 12.8 Å². The molecule has 2 aromatic rings. The molecule has 0 unspecified atom stereocenters. The van der Waals surface area contributed by atoms with Gasteiger partial charge in [-0.15, -0.1) is 0 Å². The molecule has 5 nitrogen and oxygen atoms in total. The number of Topliss-reactive ketones (excluding diaryl/α,β-unsaturated/α-hetero) is 1. The molecule has 1 aliphatic rings. The van der Waals surface area contributed by atoms with Crippen molar-refractivity contribution in [3.05, 3.63) is 29.5 Å². The number of aryl methyl sites for hydroxylation is 2. The summed E-state index contributed by atoms with van der Waals surface area (Å²) in [5.41, 5.74) is 2.46. The van der Waals surface area contributed by atoms with Gasteiger partial charge in [-0.3, -0.25) is 9.59 Å². The van der Waals surface area contributed by atoms with Crippen LogP contribution < -0.4 is 4.74 Å². The van der Waals surface area contributed by atoms with Gasteiger partial charge in [0.15, 0.2) is 0 Å². The average Bonchev–Trinajstić information content (AvgIpc) is 2.83. The number of carbonyl (C=O) groups is 2. The van der Waals surface area contributed by atoms with Crippen LogP contribution in [0, 0.1) is 0 Å². The number of fused-ring (bicyclic) bond motifs is 3. The van der Waals surface area contributed by atoms with Crippen molar-refractivity contribution in [1.82, 2.24) is 9.47 Å². The lowest BCUT2D eigenvalue weighted by atomic mass is 9.97. The molecule has 0 aliphatic carbocycles. The molecule has 0 saturated carbocycles. The van der Waals surface area contributed by atoms with Crippen molar-refractivity contribution in [3.63, 3.8) is 0 Å². The normalized spacial score (nSPS) is 13.7. The average molecular weight is 286 g/mol. The number of benzene rings is 1. The fourth-order valence-electron chi connectivity index (χ4n) is 2.84. The van der Waals surface area contributed by atoms with Crippen molar-refractivity contribution in [2.24, 2.45) is 7.05 Å². The van der Waals surface area contributed by atoms with E-state index in [-0.39, 0.29) is 0 Å². The molecule has 0 fully saturated rings. The number of carbonyl (C=O) groups excluding carboxylic acids is 2. The molecule has 21 heavy (non-hydrogen) atoms. The second-order valence-corrected chi connectivity index (χ2v) is 5.57. The Morgan fingerprint density at radius 1 is 1.29 bits per heavy atom. The molecule has 0 spiro atoms. The highest BCUT2D eigenvalue weighted by atomic mass is 16.5. The maximum atomic E-state index is 12.5. The molecule has 3 rings (SSSR count). The van der Waals surface area contributed by atoms with Crippen LogP contribution in [0.25, 0.3) is 10.9 Å². The van der Waals surface area contributed by atoms with E-state index in [0.29, 0.717) is 12.2 Å². The first kappa shape index (κ1) is 13.7. The SMILES string of the molecule is CN(C)C(=O)C(=O)c1cn(C)c2ccc3c(c12)CCCO3. The quantitative estimate of drug-likeness (QED) is 0.624. The van der Waals surface area contributed by atoms with E-state index in [2.05, 4.69) is 0 Å². The number of hydrogen-bond donors (Lipinski definition) is 0. The Morgan fingerprint density at radius 2 is 2.05 bits per heavy atom. The van der Waals surface area contributed by atoms with Gasteiger partial charge in [0.05, 0.1) is 12.2 Å². The van der Waals surface area contributed by atoms with Crippen LogP contribution in [0.5, 0.6) is 5.75 Å². The van der Waals surface area contributed by atoms with E-state index >= 15 is 0 Å². The van der Waals surface area contributed by atoms with E-state index in [4.69, 9.17) is 4.74 Å². The van der Waals surface area contributed by atoms with Crippen LogP contribution in [-0.2, 0) is 18.3 Å². The Morgan fingerprint density at radius 3 is 2.76 bits per heavy atom. The number of hydrogen-bond acceptors (Lipinski definition) is 3. The Kier molecular flexibility index (Phi) is 3.20. The van der Waals surface area contributed by atoms with Crippen molar-refractivity contribution in [3.8, 4) is 5.75 Å². The molecular weight excluding hydrogens is 268 g/mol. The molecule has 5 heteroatoms. The molecule has 2 heterocycles. The zero-order valence-electron chi connectivity index (χ0n) is 12.5. The summed E-state index contributed by atoms with van der Waals surface area (Å²) < 4.78 is 7.56. The maximum absolute atomic E-state index is 12.5. The first-order valence-electron chi connectivity index (χ1n) is 7.00. The van der Waals surface area contributed by atoms with E-state index in [1.807, 2.05) is 23.7 Å². The standard InChI is InChI=1S/C16H18N2O3/c1-17(2)16(20)15(19)11-9-18(3)12-6-7-13-10(14(11)12)5-4-8-21-13/h6-7,9H,4-5,8H2,1-3H3. The van der Waals surface area contributed by atoms with Gasteiger partial charge >= 0.3 is 0 Å². The number of ether oxygens (including phenoxy) is 1. The smallest absolute Gasteiger partial charge is 0.294 e. The minimum Gasteiger partial charge on any atom is -0.493 e. The lowest BCUT2D eigenvalue weighted by molar-refractivity contribution is -0.124. The fraction of sp³-hybridized carbons (Fsp3) is 0.375. The largest absolute Gasteiger partial charge is 0.493 e. The molecular formula is C16H18N2O3. The molecule has 1 aromatic carbocycles. The molecule has 0 radical (unpaired) electrons. The van der Waals surface area contributed by atoms with Gasteiger partial charge in [0.2, 0.25) is 0 Å². The molecule has 1 aliphatic heterocycles. The zero-order chi connectivity index (χ0) is 15.1. The van der Waals surface area contributed by atoms with Gasteiger partial charge in [0, 0.05) is 43.8 Å². The van der Waals surface area contributed by atoms with E-state index in [1.165, 1.54) is 4.90 Å². The molecule has 0 atom stereocenters. The maximum Gasteiger partial charge on any atom is 0.294 e. The third-order valence-corrected chi connectivity index (χ3v) is 3.89. The first-order valence-corrected chi connectivity index (χ1v) is 7.00. The van der Waals surface area contributed by atoms with Crippen LogP contribution in [0.2, 0.25) is 0 Å². The number of rotatable bonds is 2. The van der Waals surface area contributed by atoms with Gasteiger partial charge in [0.1, 0.15) is 5.75 Å². The van der Waals surface area contributed by atoms with E-state index in [0.717, 1.165) is 35.1 Å². The second kappa shape index (κ2) is 4.91. The highest BCUT2D eigenvalue weighted by Gasteiger charge is 2.26. The van der Waals surface area contributed by atoms with E-state index in [9.17, 15) is 9.59 Å².